The Hall–Kier alpha value is -2.63. The van der Waals surface area contributed by atoms with Crippen molar-refractivity contribution in [3.63, 3.8) is 0 Å². The average molecular weight is 272 g/mol. The normalized spacial score (nSPS) is 10.2. The molecule has 0 spiro atoms. The molecule has 6 heteroatoms. The molecule has 0 amide bonds. The van der Waals surface area contributed by atoms with Crippen molar-refractivity contribution in [2.45, 2.75) is 13.5 Å². The molecular formula is C14H16N4O2. The maximum atomic E-state index is 11.2. The third kappa shape index (κ3) is 2.85. The van der Waals surface area contributed by atoms with E-state index in [-0.39, 0.29) is 11.4 Å². The number of nitrogen functional groups attached to an aromatic ring is 1. The highest BCUT2D eigenvalue weighted by atomic mass is 16.6. The van der Waals surface area contributed by atoms with Crippen molar-refractivity contribution in [2.24, 2.45) is 0 Å². The number of aromatic nitrogens is 1. The molecule has 0 saturated carbocycles. The van der Waals surface area contributed by atoms with Gasteiger partial charge in [-0.05, 0) is 36.8 Å². The lowest BCUT2D eigenvalue weighted by molar-refractivity contribution is -0.383. The average Bonchev–Trinajstić information content (AvgIpc) is 2.45. The maximum absolute atomic E-state index is 11.2. The van der Waals surface area contributed by atoms with Crippen LogP contribution in [-0.2, 0) is 6.54 Å². The lowest BCUT2D eigenvalue weighted by Gasteiger charge is -2.23. The van der Waals surface area contributed by atoms with Gasteiger partial charge in [-0.25, -0.2) is 0 Å². The van der Waals surface area contributed by atoms with Crippen molar-refractivity contribution in [1.29, 1.82) is 0 Å². The summed E-state index contributed by atoms with van der Waals surface area (Å²) in [6.45, 7) is 3.17. The molecule has 20 heavy (non-hydrogen) atoms. The number of para-hydroxylation sites is 1. The number of pyridine rings is 1. The van der Waals surface area contributed by atoms with Crippen LogP contribution in [0.3, 0.4) is 0 Å². The summed E-state index contributed by atoms with van der Waals surface area (Å²) in [5.41, 5.74) is 7.45. The lowest BCUT2D eigenvalue weighted by atomic mass is 10.2. The lowest BCUT2D eigenvalue weighted by Crippen LogP contribution is -2.23. The highest BCUT2D eigenvalue weighted by Crippen LogP contribution is 2.34. The molecule has 1 aromatic carbocycles. The van der Waals surface area contributed by atoms with Crippen molar-refractivity contribution >= 4 is 17.1 Å². The number of nitro benzene ring substituents is 1. The molecule has 0 aliphatic rings. The summed E-state index contributed by atoms with van der Waals surface area (Å²) >= 11 is 0. The van der Waals surface area contributed by atoms with Gasteiger partial charge in [0.15, 0.2) is 0 Å². The Morgan fingerprint density at radius 2 is 2.00 bits per heavy atom. The molecule has 0 aliphatic heterocycles. The Morgan fingerprint density at radius 1 is 1.30 bits per heavy atom. The minimum absolute atomic E-state index is 0.0385. The van der Waals surface area contributed by atoms with Crippen LogP contribution >= 0.6 is 0 Å². The second kappa shape index (κ2) is 6.01. The van der Waals surface area contributed by atoms with Crippen LogP contribution in [0.4, 0.5) is 17.1 Å². The Balaban J connectivity index is 2.37. The molecular weight excluding hydrogens is 256 g/mol. The van der Waals surface area contributed by atoms with Crippen molar-refractivity contribution in [1.82, 2.24) is 4.98 Å². The number of nitrogens with two attached hydrogens (primary N) is 1. The van der Waals surface area contributed by atoms with Crippen LogP contribution in [-0.4, -0.2) is 16.5 Å². The van der Waals surface area contributed by atoms with Crippen LogP contribution in [0.15, 0.2) is 42.7 Å². The van der Waals surface area contributed by atoms with Crippen LogP contribution in [0.1, 0.15) is 12.5 Å². The minimum Gasteiger partial charge on any atom is -0.393 e. The summed E-state index contributed by atoms with van der Waals surface area (Å²) in [4.78, 5) is 16.7. The van der Waals surface area contributed by atoms with Gasteiger partial charge in [-0.1, -0.05) is 6.07 Å². The van der Waals surface area contributed by atoms with Crippen LogP contribution in [0, 0.1) is 10.1 Å². The van der Waals surface area contributed by atoms with E-state index in [9.17, 15) is 10.1 Å². The predicted octanol–water partition coefficient (Wildman–Crippen LogP) is 2.60. The Bertz CT molecular complexity index is 601. The highest BCUT2D eigenvalue weighted by molar-refractivity contribution is 5.75. The fraction of sp³-hybridized carbons (Fsp3) is 0.214. The van der Waals surface area contributed by atoms with Gasteiger partial charge < -0.3 is 10.6 Å². The first-order chi connectivity index (χ1) is 9.63. The van der Waals surface area contributed by atoms with Gasteiger partial charge in [0.2, 0.25) is 0 Å². The molecule has 104 valence electrons. The topological polar surface area (TPSA) is 85.3 Å². The summed E-state index contributed by atoms with van der Waals surface area (Å²) in [5, 5.41) is 11.2. The number of nitro groups is 1. The molecule has 0 radical (unpaired) electrons. The molecule has 0 unspecified atom stereocenters. The quantitative estimate of drug-likeness (QED) is 0.513. The molecule has 2 rings (SSSR count). The molecule has 0 saturated heterocycles. The second-order valence-corrected chi connectivity index (χ2v) is 4.34. The van der Waals surface area contributed by atoms with Crippen LogP contribution in [0.25, 0.3) is 0 Å². The standard InChI is InChI=1S/C14H16N4O2/c1-2-17(10-11-6-8-16-9-7-11)13-5-3-4-12(15)14(13)18(19)20/h3-9H,2,10,15H2,1H3. The summed E-state index contributed by atoms with van der Waals surface area (Å²) in [7, 11) is 0. The van der Waals surface area contributed by atoms with Crippen molar-refractivity contribution in [2.75, 3.05) is 17.2 Å². The maximum Gasteiger partial charge on any atom is 0.315 e. The summed E-state index contributed by atoms with van der Waals surface area (Å²) in [5.74, 6) is 0. The van der Waals surface area contributed by atoms with E-state index in [2.05, 4.69) is 4.98 Å². The van der Waals surface area contributed by atoms with E-state index in [1.807, 2.05) is 24.0 Å². The summed E-state index contributed by atoms with van der Waals surface area (Å²) in [6, 6.07) is 8.77. The number of anilines is 2. The SMILES string of the molecule is CCN(Cc1ccncc1)c1cccc(N)c1[N+](=O)[O-]. The third-order valence-electron chi connectivity index (χ3n) is 3.07. The number of nitrogens with zero attached hydrogens (tertiary/aromatic N) is 3. The van der Waals surface area contributed by atoms with Gasteiger partial charge in [-0.15, -0.1) is 0 Å². The zero-order valence-corrected chi connectivity index (χ0v) is 11.2. The van der Waals surface area contributed by atoms with E-state index in [0.717, 1.165) is 5.56 Å². The molecule has 0 fully saturated rings. The van der Waals surface area contributed by atoms with E-state index in [0.29, 0.717) is 18.8 Å². The van der Waals surface area contributed by atoms with E-state index in [4.69, 9.17) is 5.73 Å². The van der Waals surface area contributed by atoms with Gasteiger partial charge >= 0.3 is 5.69 Å². The van der Waals surface area contributed by atoms with Gasteiger partial charge in [-0.2, -0.15) is 0 Å². The molecule has 1 aromatic heterocycles. The molecule has 0 bridgehead atoms. The van der Waals surface area contributed by atoms with Gasteiger partial charge in [-0.3, -0.25) is 15.1 Å². The summed E-state index contributed by atoms with van der Waals surface area (Å²) in [6.07, 6.45) is 3.41. The Labute approximate surface area is 117 Å². The van der Waals surface area contributed by atoms with E-state index >= 15 is 0 Å². The van der Waals surface area contributed by atoms with Crippen molar-refractivity contribution in [3.05, 3.63) is 58.4 Å². The van der Waals surface area contributed by atoms with Crippen LogP contribution in [0.5, 0.6) is 0 Å². The van der Waals surface area contributed by atoms with Gasteiger partial charge in [0, 0.05) is 25.5 Å². The predicted molar refractivity (Wildman–Crippen MR) is 78.5 cm³/mol. The highest BCUT2D eigenvalue weighted by Gasteiger charge is 2.21. The molecule has 0 atom stereocenters. The van der Waals surface area contributed by atoms with Gasteiger partial charge in [0.05, 0.1) is 4.92 Å². The number of hydrogen-bond donors (Lipinski definition) is 1. The summed E-state index contributed by atoms with van der Waals surface area (Å²) < 4.78 is 0. The fourth-order valence-corrected chi connectivity index (χ4v) is 2.08. The van der Waals surface area contributed by atoms with Gasteiger partial charge in [0.1, 0.15) is 11.4 Å². The first kappa shape index (κ1) is 13.8. The second-order valence-electron chi connectivity index (χ2n) is 4.34. The molecule has 0 aliphatic carbocycles. The monoisotopic (exact) mass is 272 g/mol. The Morgan fingerprint density at radius 3 is 2.60 bits per heavy atom. The zero-order valence-electron chi connectivity index (χ0n) is 11.2. The third-order valence-corrected chi connectivity index (χ3v) is 3.07. The fourth-order valence-electron chi connectivity index (χ4n) is 2.08. The smallest absolute Gasteiger partial charge is 0.315 e. The number of benzene rings is 1. The zero-order chi connectivity index (χ0) is 14.5. The molecule has 2 aromatic rings. The van der Waals surface area contributed by atoms with Crippen LogP contribution in [0.2, 0.25) is 0 Å². The van der Waals surface area contributed by atoms with Crippen molar-refractivity contribution in [3.8, 4) is 0 Å². The van der Waals surface area contributed by atoms with Crippen LogP contribution < -0.4 is 10.6 Å². The Kier molecular flexibility index (Phi) is 4.14. The number of rotatable bonds is 5. The molecule has 2 N–H and O–H groups in total. The first-order valence-electron chi connectivity index (χ1n) is 6.30. The molecule has 1 heterocycles. The molecule has 6 nitrogen and oxygen atoms in total. The van der Waals surface area contributed by atoms with E-state index < -0.39 is 4.92 Å². The van der Waals surface area contributed by atoms with Crippen molar-refractivity contribution < 1.29 is 4.92 Å². The van der Waals surface area contributed by atoms with E-state index in [1.165, 1.54) is 0 Å². The first-order valence-corrected chi connectivity index (χ1v) is 6.30. The largest absolute Gasteiger partial charge is 0.393 e. The minimum atomic E-state index is -0.431. The van der Waals surface area contributed by atoms with Gasteiger partial charge in [0.25, 0.3) is 0 Å². The van der Waals surface area contributed by atoms with E-state index in [1.54, 1.807) is 30.6 Å². The number of hydrogen-bond acceptors (Lipinski definition) is 5.